The number of fused-ring (bicyclic) bond motifs is 1. The summed E-state index contributed by atoms with van der Waals surface area (Å²) >= 11 is 0. The third-order valence-corrected chi connectivity index (χ3v) is 4.56. The number of carbonyl (C=O) groups is 1. The maximum atomic E-state index is 12.2. The van der Waals surface area contributed by atoms with Crippen LogP contribution in [0.1, 0.15) is 31.0 Å². The fourth-order valence-corrected chi connectivity index (χ4v) is 2.95. The van der Waals surface area contributed by atoms with Gasteiger partial charge in [0.25, 0.3) is 0 Å². The van der Waals surface area contributed by atoms with Crippen LogP contribution in [0.25, 0.3) is 16.7 Å². The SMILES string of the molecule is CCN=CC(=CN)c1cnc2ccc(NC(=O)NCCCCc3ccccc3)nc2n1. The number of pyridine rings is 1. The van der Waals surface area contributed by atoms with Crippen molar-refractivity contribution < 1.29 is 4.79 Å². The van der Waals surface area contributed by atoms with E-state index in [0.717, 1.165) is 19.3 Å². The Morgan fingerprint density at radius 1 is 1.13 bits per heavy atom. The highest BCUT2D eigenvalue weighted by Gasteiger charge is 2.08. The second-order valence-electron chi connectivity index (χ2n) is 6.87. The highest BCUT2D eigenvalue weighted by atomic mass is 16.2. The lowest BCUT2D eigenvalue weighted by atomic mass is 10.1. The largest absolute Gasteiger partial charge is 0.404 e. The van der Waals surface area contributed by atoms with Gasteiger partial charge in [0.15, 0.2) is 5.65 Å². The Hall–Kier alpha value is -3.81. The monoisotopic (exact) mass is 417 g/mol. The Balaban J connectivity index is 1.54. The number of aryl methyl sites for hydroxylation is 1. The summed E-state index contributed by atoms with van der Waals surface area (Å²) in [7, 11) is 0. The molecule has 3 aromatic rings. The van der Waals surface area contributed by atoms with E-state index in [9.17, 15) is 4.79 Å². The number of hydrogen-bond donors (Lipinski definition) is 3. The maximum absolute atomic E-state index is 12.2. The first-order valence-electron chi connectivity index (χ1n) is 10.3. The Morgan fingerprint density at radius 2 is 1.97 bits per heavy atom. The summed E-state index contributed by atoms with van der Waals surface area (Å²) in [4.78, 5) is 29.6. The zero-order valence-electron chi connectivity index (χ0n) is 17.6. The summed E-state index contributed by atoms with van der Waals surface area (Å²) in [6, 6.07) is 13.5. The van der Waals surface area contributed by atoms with Crippen LogP contribution in [0.2, 0.25) is 0 Å². The molecule has 0 unspecified atom stereocenters. The summed E-state index contributed by atoms with van der Waals surface area (Å²) in [5.41, 5.74) is 9.26. The van der Waals surface area contributed by atoms with E-state index in [4.69, 9.17) is 5.73 Å². The van der Waals surface area contributed by atoms with E-state index in [2.05, 4.69) is 42.7 Å². The average molecular weight is 418 g/mol. The number of hydrogen-bond acceptors (Lipinski definition) is 6. The number of allylic oxidation sites excluding steroid dienone is 1. The van der Waals surface area contributed by atoms with Gasteiger partial charge in [0.05, 0.1) is 11.9 Å². The highest BCUT2D eigenvalue weighted by molar-refractivity contribution is 6.09. The maximum Gasteiger partial charge on any atom is 0.320 e. The minimum atomic E-state index is -0.298. The molecule has 0 radical (unpaired) electrons. The molecule has 0 atom stereocenters. The molecule has 0 bridgehead atoms. The van der Waals surface area contributed by atoms with Crippen LogP contribution in [0.3, 0.4) is 0 Å². The average Bonchev–Trinajstić information content (AvgIpc) is 2.80. The molecule has 2 amide bonds. The van der Waals surface area contributed by atoms with Crippen LogP contribution in [-0.4, -0.2) is 40.3 Å². The Labute approximate surface area is 181 Å². The second-order valence-corrected chi connectivity index (χ2v) is 6.87. The molecule has 2 aromatic heterocycles. The second kappa shape index (κ2) is 11.4. The number of urea groups is 1. The molecule has 3 rings (SSSR count). The smallest absolute Gasteiger partial charge is 0.320 e. The van der Waals surface area contributed by atoms with Crippen molar-refractivity contribution in [3.05, 3.63) is 66.1 Å². The molecule has 0 aliphatic rings. The third-order valence-electron chi connectivity index (χ3n) is 4.56. The van der Waals surface area contributed by atoms with Crippen LogP contribution in [0.4, 0.5) is 10.6 Å². The van der Waals surface area contributed by atoms with E-state index < -0.39 is 0 Å². The van der Waals surface area contributed by atoms with Gasteiger partial charge in [-0.25, -0.2) is 14.8 Å². The van der Waals surface area contributed by atoms with Crippen LogP contribution >= 0.6 is 0 Å². The molecular formula is C23H27N7O. The summed E-state index contributed by atoms with van der Waals surface area (Å²) in [5.74, 6) is 0.404. The van der Waals surface area contributed by atoms with E-state index in [-0.39, 0.29) is 6.03 Å². The number of nitrogens with one attached hydrogen (secondary N) is 2. The Bertz CT molecular complexity index is 1060. The summed E-state index contributed by atoms with van der Waals surface area (Å²) < 4.78 is 0. The number of amides is 2. The van der Waals surface area contributed by atoms with Crippen LogP contribution < -0.4 is 16.4 Å². The van der Waals surface area contributed by atoms with Crippen molar-refractivity contribution in [3.8, 4) is 0 Å². The molecule has 0 spiro atoms. The van der Waals surface area contributed by atoms with E-state index in [1.807, 2.05) is 25.1 Å². The van der Waals surface area contributed by atoms with Crippen molar-refractivity contribution >= 4 is 34.8 Å². The van der Waals surface area contributed by atoms with Gasteiger partial charge < -0.3 is 11.1 Å². The van der Waals surface area contributed by atoms with Crippen LogP contribution in [0.15, 0.2) is 59.9 Å². The Morgan fingerprint density at radius 3 is 2.74 bits per heavy atom. The quantitative estimate of drug-likeness (QED) is 0.363. The number of nitrogens with two attached hydrogens (primary N) is 1. The van der Waals surface area contributed by atoms with Crippen molar-refractivity contribution in [1.29, 1.82) is 0 Å². The number of nitrogens with zero attached hydrogens (tertiary/aromatic N) is 4. The topological polar surface area (TPSA) is 118 Å². The molecule has 0 fully saturated rings. The molecule has 0 saturated carbocycles. The van der Waals surface area contributed by atoms with Gasteiger partial charge >= 0.3 is 6.03 Å². The third kappa shape index (κ3) is 6.60. The minimum Gasteiger partial charge on any atom is -0.404 e. The van der Waals surface area contributed by atoms with Crippen LogP contribution in [0.5, 0.6) is 0 Å². The number of carbonyl (C=O) groups excluding carboxylic acids is 1. The molecule has 0 aliphatic heterocycles. The van der Waals surface area contributed by atoms with Crippen molar-refractivity contribution in [2.24, 2.45) is 10.7 Å². The summed E-state index contributed by atoms with van der Waals surface area (Å²) in [6.07, 6.45) is 7.62. The van der Waals surface area contributed by atoms with E-state index in [0.29, 0.717) is 41.3 Å². The molecule has 8 nitrogen and oxygen atoms in total. The van der Waals surface area contributed by atoms with Gasteiger partial charge in [0.2, 0.25) is 0 Å². The van der Waals surface area contributed by atoms with Gasteiger partial charge in [-0.3, -0.25) is 15.3 Å². The van der Waals surface area contributed by atoms with Gasteiger partial charge in [0, 0.05) is 31.1 Å². The van der Waals surface area contributed by atoms with Crippen LogP contribution in [0, 0.1) is 0 Å². The van der Waals surface area contributed by atoms with E-state index >= 15 is 0 Å². The molecular weight excluding hydrogens is 390 g/mol. The lowest BCUT2D eigenvalue weighted by Crippen LogP contribution is -2.29. The van der Waals surface area contributed by atoms with Crippen molar-refractivity contribution in [2.75, 3.05) is 18.4 Å². The van der Waals surface area contributed by atoms with Crippen LogP contribution in [-0.2, 0) is 6.42 Å². The first-order chi connectivity index (χ1) is 15.2. The molecule has 160 valence electrons. The van der Waals surface area contributed by atoms with Gasteiger partial charge in [-0.1, -0.05) is 30.3 Å². The number of aliphatic imine (C=N–C) groups is 1. The molecule has 2 heterocycles. The fourth-order valence-electron chi connectivity index (χ4n) is 2.95. The first-order valence-corrected chi connectivity index (χ1v) is 10.3. The molecule has 4 N–H and O–H groups in total. The zero-order chi connectivity index (χ0) is 21.9. The van der Waals surface area contributed by atoms with Gasteiger partial charge in [-0.05, 0) is 43.9 Å². The number of benzene rings is 1. The lowest BCUT2D eigenvalue weighted by molar-refractivity contribution is 0.252. The molecule has 1 aromatic carbocycles. The number of anilines is 1. The van der Waals surface area contributed by atoms with Gasteiger partial charge in [-0.2, -0.15) is 0 Å². The summed E-state index contributed by atoms with van der Waals surface area (Å²) in [5, 5.41) is 5.60. The zero-order valence-corrected chi connectivity index (χ0v) is 17.6. The normalized spacial score (nSPS) is 11.7. The predicted octanol–water partition coefficient (Wildman–Crippen LogP) is 3.56. The van der Waals surface area contributed by atoms with Crippen molar-refractivity contribution in [3.63, 3.8) is 0 Å². The van der Waals surface area contributed by atoms with E-state index in [1.54, 1.807) is 24.5 Å². The van der Waals surface area contributed by atoms with E-state index in [1.165, 1.54) is 11.8 Å². The summed E-state index contributed by atoms with van der Waals surface area (Å²) in [6.45, 7) is 3.17. The molecule has 0 saturated heterocycles. The van der Waals surface area contributed by atoms with Crippen molar-refractivity contribution in [2.45, 2.75) is 26.2 Å². The molecule has 8 heteroatoms. The van der Waals surface area contributed by atoms with Gasteiger partial charge in [-0.15, -0.1) is 0 Å². The minimum absolute atomic E-state index is 0.298. The predicted molar refractivity (Wildman–Crippen MR) is 125 cm³/mol. The molecule has 0 aliphatic carbocycles. The number of rotatable bonds is 9. The highest BCUT2D eigenvalue weighted by Crippen LogP contribution is 2.15. The molecule has 31 heavy (non-hydrogen) atoms. The first kappa shape index (κ1) is 21.9. The fraction of sp³-hybridized carbons (Fsp3) is 0.261. The lowest BCUT2D eigenvalue weighted by Gasteiger charge is -2.08. The standard InChI is InChI=1S/C23H27N7O/c1-2-25-15-18(14-24)20-16-27-19-11-12-21(29-22(19)28-20)30-23(31)26-13-7-6-10-17-8-4-3-5-9-17/h3-5,8-9,11-12,14-16H,2,6-7,10,13,24H2,1H3,(H2,26,28,29,30,31). The Kier molecular flexibility index (Phi) is 8.05. The number of aromatic nitrogens is 3. The number of unbranched alkanes of at least 4 members (excludes halogenated alkanes) is 1. The van der Waals surface area contributed by atoms with Crippen molar-refractivity contribution in [1.82, 2.24) is 20.3 Å². The van der Waals surface area contributed by atoms with Gasteiger partial charge in [0.1, 0.15) is 11.3 Å².